The fourth-order valence-electron chi connectivity index (χ4n) is 4.09. The molecule has 0 bridgehead atoms. The van der Waals surface area contributed by atoms with E-state index in [4.69, 9.17) is 16.0 Å². The fourth-order valence-corrected chi connectivity index (χ4v) is 4.27. The number of hydrogen-bond donors (Lipinski definition) is 1. The van der Waals surface area contributed by atoms with Gasteiger partial charge in [-0.15, -0.1) is 0 Å². The van der Waals surface area contributed by atoms with E-state index in [1.54, 1.807) is 36.4 Å². The molecular weight excluding hydrogens is 456 g/mol. The summed E-state index contributed by atoms with van der Waals surface area (Å²) in [5.41, 5.74) is 4.04. The van der Waals surface area contributed by atoms with E-state index in [9.17, 15) is 14.9 Å². The Kier molecular flexibility index (Phi) is 5.67. The predicted octanol–water partition coefficient (Wildman–Crippen LogP) is 6.22. The molecule has 8 nitrogen and oxygen atoms in total. The zero-order valence-corrected chi connectivity index (χ0v) is 19.1. The number of carbonyl (C=O) groups excluding carboxylic acids is 1. The molecule has 1 aliphatic heterocycles. The molecule has 4 aromatic rings. The van der Waals surface area contributed by atoms with E-state index in [0.29, 0.717) is 33.4 Å². The third kappa shape index (κ3) is 4.20. The lowest BCUT2D eigenvalue weighted by Gasteiger charge is -2.17. The molecule has 34 heavy (non-hydrogen) atoms. The van der Waals surface area contributed by atoms with Crippen molar-refractivity contribution < 1.29 is 14.1 Å². The zero-order valence-electron chi connectivity index (χ0n) is 18.4. The molecule has 1 saturated heterocycles. The summed E-state index contributed by atoms with van der Waals surface area (Å²) in [7, 11) is 0. The minimum Gasteiger partial charge on any atom is -0.436 e. The number of nitrogens with zero attached hydrogens (tertiary/aromatic N) is 3. The summed E-state index contributed by atoms with van der Waals surface area (Å²) < 4.78 is 5.84. The standard InChI is InChI=1S/C25H21ClN4O4/c1-15-4-5-17(12-19(15)26)25-28-20-14-18(7-9-23(20)34-25)27-24(31)16-6-8-21(22(13-16)30(32)33)29-10-2-3-11-29/h4-9,12-14H,2-3,10-11H2,1H3,(H,27,31). The quantitative estimate of drug-likeness (QED) is 0.271. The van der Waals surface area contributed by atoms with Crippen molar-refractivity contribution in [1.82, 2.24) is 4.98 Å². The van der Waals surface area contributed by atoms with Gasteiger partial charge < -0.3 is 14.6 Å². The normalized spacial score (nSPS) is 13.4. The Morgan fingerprint density at radius 3 is 2.65 bits per heavy atom. The number of amides is 1. The van der Waals surface area contributed by atoms with E-state index in [1.807, 2.05) is 24.0 Å². The van der Waals surface area contributed by atoms with E-state index in [0.717, 1.165) is 37.1 Å². The van der Waals surface area contributed by atoms with Crippen LogP contribution in [-0.2, 0) is 0 Å². The Morgan fingerprint density at radius 2 is 1.91 bits per heavy atom. The van der Waals surface area contributed by atoms with Crippen molar-refractivity contribution in [3.05, 3.63) is 80.9 Å². The number of fused-ring (bicyclic) bond motifs is 1. The SMILES string of the molecule is Cc1ccc(-c2nc3cc(NC(=O)c4ccc(N5CCCC5)c([N+](=O)[O-])c4)ccc3o2)cc1Cl. The molecule has 5 rings (SSSR count). The highest BCUT2D eigenvalue weighted by Gasteiger charge is 2.24. The number of halogens is 1. The maximum absolute atomic E-state index is 12.8. The maximum atomic E-state index is 12.8. The van der Waals surface area contributed by atoms with Crippen LogP contribution in [0.25, 0.3) is 22.6 Å². The Morgan fingerprint density at radius 1 is 1.12 bits per heavy atom. The Hall–Kier alpha value is -3.91. The summed E-state index contributed by atoms with van der Waals surface area (Å²) in [6.07, 6.45) is 2.01. The summed E-state index contributed by atoms with van der Waals surface area (Å²) >= 11 is 6.22. The number of carbonyl (C=O) groups is 1. The van der Waals surface area contributed by atoms with Gasteiger partial charge in [-0.05, 0) is 67.8 Å². The van der Waals surface area contributed by atoms with Crippen LogP contribution >= 0.6 is 11.6 Å². The number of anilines is 2. The third-order valence-electron chi connectivity index (χ3n) is 5.95. The first-order valence-corrected chi connectivity index (χ1v) is 11.3. The summed E-state index contributed by atoms with van der Waals surface area (Å²) in [5, 5.41) is 15.1. The van der Waals surface area contributed by atoms with Crippen LogP contribution in [-0.4, -0.2) is 28.9 Å². The van der Waals surface area contributed by atoms with Crippen molar-refractivity contribution >= 4 is 45.7 Å². The van der Waals surface area contributed by atoms with Gasteiger partial charge in [-0.1, -0.05) is 17.7 Å². The van der Waals surface area contributed by atoms with Gasteiger partial charge in [-0.2, -0.15) is 0 Å². The Labute approximate surface area is 200 Å². The van der Waals surface area contributed by atoms with Crippen molar-refractivity contribution in [2.24, 2.45) is 0 Å². The van der Waals surface area contributed by atoms with Crippen LogP contribution in [0.1, 0.15) is 28.8 Å². The van der Waals surface area contributed by atoms with Crippen molar-refractivity contribution in [2.75, 3.05) is 23.3 Å². The molecule has 1 N–H and O–H groups in total. The lowest BCUT2D eigenvalue weighted by atomic mass is 10.1. The van der Waals surface area contributed by atoms with Crippen LogP contribution in [0.3, 0.4) is 0 Å². The molecule has 3 aromatic carbocycles. The molecule has 1 aliphatic rings. The van der Waals surface area contributed by atoms with E-state index in [1.165, 1.54) is 6.07 Å². The van der Waals surface area contributed by atoms with E-state index in [-0.39, 0.29) is 11.3 Å². The van der Waals surface area contributed by atoms with Crippen molar-refractivity contribution in [1.29, 1.82) is 0 Å². The molecule has 0 aliphatic carbocycles. The maximum Gasteiger partial charge on any atom is 0.293 e. The average molecular weight is 477 g/mol. The van der Waals surface area contributed by atoms with Gasteiger partial charge in [0.15, 0.2) is 5.58 Å². The number of nitrogens with one attached hydrogen (secondary N) is 1. The van der Waals surface area contributed by atoms with Crippen LogP contribution in [0.2, 0.25) is 5.02 Å². The second-order valence-corrected chi connectivity index (χ2v) is 8.68. The number of aromatic nitrogens is 1. The molecule has 1 amide bonds. The van der Waals surface area contributed by atoms with Gasteiger partial charge in [0, 0.05) is 41.0 Å². The summed E-state index contributed by atoms with van der Waals surface area (Å²) in [6.45, 7) is 3.48. The van der Waals surface area contributed by atoms with Crippen LogP contribution in [0.5, 0.6) is 0 Å². The van der Waals surface area contributed by atoms with Gasteiger partial charge in [0.1, 0.15) is 11.2 Å². The highest BCUT2D eigenvalue weighted by Crippen LogP contribution is 2.32. The molecule has 172 valence electrons. The topological polar surface area (TPSA) is 102 Å². The van der Waals surface area contributed by atoms with E-state index < -0.39 is 10.8 Å². The van der Waals surface area contributed by atoms with Gasteiger partial charge >= 0.3 is 0 Å². The smallest absolute Gasteiger partial charge is 0.293 e. The molecule has 0 saturated carbocycles. The zero-order chi connectivity index (χ0) is 23.8. The molecule has 9 heteroatoms. The second kappa shape index (κ2) is 8.79. The Bertz CT molecular complexity index is 1430. The van der Waals surface area contributed by atoms with E-state index >= 15 is 0 Å². The van der Waals surface area contributed by atoms with Gasteiger partial charge in [-0.3, -0.25) is 14.9 Å². The number of nitro groups is 1. The van der Waals surface area contributed by atoms with Crippen LogP contribution in [0, 0.1) is 17.0 Å². The van der Waals surface area contributed by atoms with E-state index in [2.05, 4.69) is 10.3 Å². The highest BCUT2D eigenvalue weighted by molar-refractivity contribution is 6.31. The first-order valence-electron chi connectivity index (χ1n) is 10.9. The number of hydrogen-bond acceptors (Lipinski definition) is 6. The molecule has 2 heterocycles. The lowest BCUT2D eigenvalue weighted by Crippen LogP contribution is -2.19. The number of oxazole rings is 1. The molecular formula is C25H21ClN4O4. The monoisotopic (exact) mass is 476 g/mol. The summed E-state index contributed by atoms with van der Waals surface area (Å²) in [6, 6.07) is 15.3. The van der Waals surface area contributed by atoms with Crippen molar-refractivity contribution in [3.8, 4) is 11.5 Å². The number of rotatable bonds is 5. The number of aryl methyl sites for hydroxylation is 1. The molecule has 1 aromatic heterocycles. The minimum atomic E-state index is -0.440. The van der Waals surface area contributed by atoms with Crippen LogP contribution in [0.15, 0.2) is 59.0 Å². The molecule has 0 radical (unpaired) electrons. The largest absolute Gasteiger partial charge is 0.436 e. The molecule has 0 atom stereocenters. The predicted molar refractivity (Wildman–Crippen MR) is 132 cm³/mol. The first kappa shape index (κ1) is 21.9. The molecule has 0 unspecified atom stereocenters. The third-order valence-corrected chi connectivity index (χ3v) is 6.35. The summed E-state index contributed by atoms with van der Waals surface area (Å²) in [4.78, 5) is 30.5. The van der Waals surface area contributed by atoms with Gasteiger partial charge in [-0.25, -0.2) is 4.98 Å². The molecule has 0 spiro atoms. The van der Waals surface area contributed by atoms with Gasteiger partial charge in [0.2, 0.25) is 5.89 Å². The van der Waals surface area contributed by atoms with Crippen LogP contribution < -0.4 is 10.2 Å². The summed E-state index contributed by atoms with van der Waals surface area (Å²) in [5.74, 6) is -0.0158. The van der Waals surface area contributed by atoms with Crippen molar-refractivity contribution in [3.63, 3.8) is 0 Å². The van der Waals surface area contributed by atoms with Gasteiger partial charge in [0.05, 0.1) is 4.92 Å². The van der Waals surface area contributed by atoms with Crippen LogP contribution in [0.4, 0.5) is 17.1 Å². The number of benzene rings is 3. The molecule has 1 fully saturated rings. The van der Waals surface area contributed by atoms with Crippen molar-refractivity contribution in [2.45, 2.75) is 19.8 Å². The lowest BCUT2D eigenvalue weighted by molar-refractivity contribution is -0.384. The average Bonchev–Trinajstić information content (AvgIpc) is 3.50. The second-order valence-electron chi connectivity index (χ2n) is 8.27. The minimum absolute atomic E-state index is 0.0668. The Balaban J connectivity index is 1.39. The highest BCUT2D eigenvalue weighted by atomic mass is 35.5. The first-order chi connectivity index (χ1) is 16.4. The fraction of sp³-hybridized carbons (Fsp3) is 0.200. The van der Waals surface area contributed by atoms with Gasteiger partial charge in [0.25, 0.3) is 11.6 Å². The number of nitro benzene ring substituents is 1.